The topological polar surface area (TPSA) is 69.8 Å². The van der Waals surface area contributed by atoms with Gasteiger partial charge in [0, 0.05) is 27.8 Å². The molecule has 2 heterocycles. The summed E-state index contributed by atoms with van der Waals surface area (Å²) in [4.78, 5) is 9.99. The first-order chi connectivity index (χ1) is 25.7. The monoisotopic (exact) mass is 666 g/mol. The zero-order valence-electron chi connectivity index (χ0n) is 28.0. The largest absolute Gasteiger partial charge is 0.457 e. The number of rotatable bonds is 4. The van der Waals surface area contributed by atoms with Gasteiger partial charge in [0.1, 0.15) is 23.5 Å². The van der Waals surface area contributed by atoms with Crippen molar-refractivity contribution in [1.82, 2.24) is 5.32 Å². The van der Waals surface area contributed by atoms with Crippen LogP contribution in [0.15, 0.2) is 180 Å². The fourth-order valence-corrected chi connectivity index (χ4v) is 8.16. The number of para-hydroxylation sites is 2. The first-order valence-corrected chi connectivity index (χ1v) is 17.4. The van der Waals surface area contributed by atoms with Gasteiger partial charge in [0.15, 0.2) is 5.84 Å². The van der Waals surface area contributed by atoms with Crippen molar-refractivity contribution in [2.45, 2.75) is 11.6 Å². The summed E-state index contributed by atoms with van der Waals surface area (Å²) >= 11 is 0. The molecular weight excluding hydrogens is 637 g/mol. The minimum atomic E-state index is -0.652. The molecule has 3 aliphatic rings. The lowest BCUT2D eigenvalue weighted by Crippen LogP contribution is -2.33. The fraction of sp³-hybridized carbons (Fsp3) is 0.0426. The summed E-state index contributed by atoms with van der Waals surface area (Å²) in [6.07, 6.45) is -0.311. The van der Waals surface area contributed by atoms with E-state index in [0.717, 1.165) is 78.5 Å². The van der Waals surface area contributed by atoms with E-state index in [4.69, 9.17) is 14.7 Å². The summed E-state index contributed by atoms with van der Waals surface area (Å²) in [6, 6.07) is 60.8. The second-order valence-corrected chi connectivity index (χ2v) is 13.3. The lowest BCUT2D eigenvalue weighted by Gasteiger charge is -2.39. The van der Waals surface area contributed by atoms with Crippen LogP contribution in [-0.2, 0) is 5.41 Å². The number of hydrogen-bond acceptors (Lipinski definition) is 5. The molecule has 0 amide bonds. The van der Waals surface area contributed by atoms with Crippen LogP contribution in [0.25, 0.3) is 22.3 Å². The molecule has 0 radical (unpaired) electrons. The van der Waals surface area contributed by atoms with E-state index in [1.54, 1.807) is 0 Å². The maximum absolute atomic E-state index is 10.3. The van der Waals surface area contributed by atoms with Gasteiger partial charge in [0.25, 0.3) is 0 Å². The standard InChI is InChI=1S/C47H30N4O/c48-29-35-16-11-19-39-43(35)36-27-26-34(28-40(36)47(39)37-17-7-9-20-41(37)52-42-21-10-8-18-38(42)47)30-22-24-33(25-23-30)46-50-44(31-12-3-1-4-13-31)49-45(51-46)32-14-5-2-6-15-32/h1-28,46H,(H,49,50,51). The van der Waals surface area contributed by atoms with Crippen LogP contribution < -0.4 is 10.1 Å². The number of nitriles is 1. The molecule has 52 heavy (non-hydrogen) atoms. The van der Waals surface area contributed by atoms with Gasteiger partial charge >= 0.3 is 0 Å². The summed E-state index contributed by atoms with van der Waals surface area (Å²) in [5.41, 5.74) is 11.7. The summed E-state index contributed by atoms with van der Waals surface area (Å²) in [5, 5.41) is 13.9. The van der Waals surface area contributed by atoms with Crippen molar-refractivity contribution in [3.05, 3.63) is 214 Å². The van der Waals surface area contributed by atoms with E-state index in [1.165, 1.54) is 0 Å². The fourth-order valence-electron chi connectivity index (χ4n) is 8.16. The van der Waals surface area contributed by atoms with Gasteiger partial charge in [-0.05, 0) is 57.6 Å². The zero-order chi connectivity index (χ0) is 34.6. The number of amidine groups is 2. The molecule has 0 saturated heterocycles. The minimum Gasteiger partial charge on any atom is -0.457 e. The smallest absolute Gasteiger partial charge is 0.159 e. The molecule has 0 saturated carbocycles. The normalized spacial score (nSPS) is 15.8. The van der Waals surface area contributed by atoms with Gasteiger partial charge in [-0.1, -0.05) is 146 Å². The third-order valence-electron chi connectivity index (χ3n) is 10.5. The minimum absolute atomic E-state index is 0.311. The average Bonchev–Trinajstić information content (AvgIpc) is 3.51. The van der Waals surface area contributed by atoms with Crippen molar-refractivity contribution in [2.24, 2.45) is 9.98 Å². The van der Waals surface area contributed by atoms with Gasteiger partial charge in [-0.2, -0.15) is 5.26 Å². The first kappa shape index (κ1) is 29.8. The van der Waals surface area contributed by atoms with Gasteiger partial charge in [-0.25, -0.2) is 9.98 Å². The molecule has 244 valence electrons. The van der Waals surface area contributed by atoms with Crippen molar-refractivity contribution < 1.29 is 4.74 Å². The number of fused-ring (bicyclic) bond motifs is 9. The van der Waals surface area contributed by atoms with Crippen LogP contribution in [-0.4, -0.2) is 11.7 Å². The zero-order valence-corrected chi connectivity index (χ0v) is 28.0. The second kappa shape index (κ2) is 11.8. The van der Waals surface area contributed by atoms with Crippen LogP contribution in [0.5, 0.6) is 11.5 Å². The van der Waals surface area contributed by atoms with Crippen molar-refractivity contribution in [1.29, 1.82) is 5.26 Å². The molecule has 2 aliphatic heterocycles. The van der Waals surface area contributed by atoms with Gasteiger partial charge < -0.3 is 10.1 Å². The number of ether oxygens (including phenoxy) is 1. The van der Waals surface area contributed by atoms with E-state index in [-0.39, 0.29) is 6.17 Å². The molecule has 1 atom stereocenters. The quantitative estimate of drug-likeness (QED) is 0.203. The summed E-state index contributed by atoms with van der Waals surface area (Å²) < 4.78 is 6.52. The predicted molar refractivity (Wildman–Crippen MR) is 206 cm³/mol. The van der Waals surface area contributed by atoms with Gasteiger partial charge in [0.2, 0.25) is 0 Å². The molecule has 7 aromatic carbocycles. The summed E-state index contributed by atoms with van der Waals surface area (Å²) in [7, 11) is 0. The number of nitrogens with zero attached hydrogens (tertiary/aromatic N) is 3. The maximum Gasteiger partial charge on any atom is 0.159 e. The number of benzene rings is 7. The second-order valence-electron chi connectivity index (χ2n) is 13.3. The van der Waals surface area contributed by atoms with Crippen molar-refractivity contribution in [3.8, 4) is 39.8 Å². The molecule has 1 N–H and O–H groups in total. The number of hydrogen-bond donors (Lipinski definition) is 1. The van der Waals surface area contributed by atoms with Crippen LogP contribution in [0.3, 0.4) is 0 Å². The highest BCUT2D eigenvalue weighted by Crippen LogP contribution is 2.62. The third kappa shape index (κ3) is 4.48. The van der Waals surface area contributed by atoms with Crippen LogP contribution in [0.4, 0.5) is 0 Å². The Morgan fingerprint density at radius 3 is 1.87 bits per heavy atom. The molecule has 1 unspecified atom stereocenters. The third-order valence-corrected chi connectivity index (χ3v) is 10.5. The Morgan fingerprint density at radius 2 is 1.17 bits per heavy atom. The van der Waals surface area contributed by atoms with Crippen molar-refractivity contribution in [3.63, 3.8) is 0 Å². The Labute approximate surface area is 301 Å². The molecule has 10 rings (SSSR count). The molecule has 0 fully saturated rings. The number of nitrogens with one attached hydrogen (secondary N) is 1. The highest BCUT2D eigenvalue weighted by molar-refractivity contribution is 6.13. The van der Waals surface area contributed by atoms with Crippen LogP contribution >= 0.6 is 0 Å². The highest BCUT2D eigenvalue weighted by atomic mass is 16.5. The SMILES string of the molecule is N#Cc1cccc2c1-c1ccc(-c3ccc(C4N=C(c5ccccc5)N=C(c5ccccc5)N4)cc3)cc1C21c2ccccc2Oc2ccccc21. The Kier molecular flexibility index (Phi) is 6.77. The van der Waals surface area contributed by atoms with E-state index < -0.39 is 5.41 Å². The molecule has 0 aromatic heterocycles. The molecule has 1 spiro atoms. The predicted octanol–water partition coefficient (Wildman–Crippen LogP) is 10.2. The Bertz CT molecular complexity index is 2590. The Morgan fingerprint density at radius 1 is 0.558 bits per heavy atom. The first-order valence-electron chi connectivity index (χ1n) is 17.4. The van der Waals surface area contributed by atoms with Gasteiger partial charge in [-0.15, -0.1) is 0 Å². The van der Waals surface area contributed by atoms with Crippen LogP contribution in [0.2, 0.25) is 0 Å². The average molecular weight is 667 g/mol. The summed E-state index contributed by atoms with van der Waals surface area (Å²) in [6.45, 7) is 0. The Hall–Kier alpha value is -7.03. The van der Waals surface area contributed by atoms with Crippen molar-refractivity contribution >= 4 is 11.7 Å². The van der Waals surface area contributed by atoms with Gasteiger partial charge in [0.05, 0.1) is 17.0 Å². The lowest BCUT2D eigenvalue weighted by molar-refractivity contribution is 0.436. The van der Waals surface area contributed by atoms with Crippen LogP contribution in [0, 0.1) is 11.3 Å². The molecule has 5 nitrogen and oxygen atoms in total. The molecule has 5 heteroatoms. The molecule has 0 bridgehead atoms. The van der Waals surface area contributed by atoms with E-state index >= 15 is 0 Å². The van der Waals surface area contributed by atoms with E-state index in [1.807, 2.05) is 84.9 Å². The Balaban J connectivity index is 1.10. The number of aliphatic imine (C=N–C) groups is 2. The van der Waals surface area contributed by atoms with Crippen molar-refractivity contribution in [2.75, 3.05) is 0 Å². The highest BCUT2D eigenvalue weighted by Gasteiger charge is 2.51. The molecule has 1 aliphatic carbocycles. The van der Waals surface area contributed by atoms with Gasteiger partial charge in [-0.3, -0.25) is 0 Å². The molecular formula is C47H30N4O. The summed E-state index contributed by atoms with van der Waals surface area (Å²) in [5.74, 6) is 3.14. The maximum atomic E-state index is 10.3. The van der Waals surface area contributed by atoms with E-state index in [2.05, 4.69) is 96.3 Å². The lowest BCUT2D eigenvalue weighted by atomic mass is 9.66. The van der Waals surface area contributed by atoms with E-state index in [0.29, 0.717) is 11.4 Å². The molecule has 7 aromatic rings. The van der Waals surface area contributed by atoms with E-state index in [9.17, 15) is 5.26 Å². The van der Waals surface area contributed by atoms with Crippen LogP contribution in [0.1, 0.15) is 50.7 Å².